The quantitative estimate of drug-likeness (QED) is 0.641. The highest BCUT2D eigenvalue weighted by Gasteiger charge is 1.98. The fraction of sp³-hybridized carbons (Fsp3) is 0.143. The third-order valence-corrected chi connectivity index (χ3v) is 1.59. The third kappa shape index (κ3) is 1.70. The maximum atomic E-state index is 12.6. The van der Waals surface area contributed by atoms with Gasteiger partial charge in [-0.25, -0.2) is 4.39 Å². The molecule has 0 fully saturated rings. The molecule has 0 bridgehead atoms. The van der Waals surface area contributed by atoms with E-state index in [-0.39, 0.29) is 23.7 Å². The van der Waals surface area contributed by atoms with Crippen LogP contribution in [0.15, 0.2) is 24.3 Å². The monoisotopic (exact) mass is 160 g/mol. The van der Waals surface area contributed by atoms with Crippen molar-refractivity contribution in [3.63, 3.8) is 0 Å². The van der Waals surface area contributed by atoms with E-state index in [2.05, 4.69) is 0 Å². The molecule has 1 rings (SSSR count). The first-order valence-corrected chi connectivity index (χ1v) is 3.70. The predicted molar refractivity (Wildman–Crippen MR) is 38.8 cm³/mol. The Bertz CT molecular complexity index is 213. The first kappa shape index (κ1) is 7.54. The molecule has 0 amide bonds. The fourth-order valence-corrected chi connectivity index (χ4v) is 1.03. The van der Waals surface area contributed by atoms with Crippen molar-refractivity contribution < 1.29 is 8.28 Å². The SMILES string of the molecule is FSCc1ccccc1F. The van der Waals surface area contributed by atoms with E-state index in [0.717, 1.165) is 0 Å². The van der Waals surface area contributed by atoms with E-state index in [1.807, 2.05) is 0 Å². The highest BCUT2D eigenvalue weighted by Crippen LogP contribution is 2.14. The Balaban J connectivity index is 2.81. The zero-order valence-corrected chi connectivity index (χ0v) is 6.00. The van der Waals surface area contributed by atoms with E-state index in [1.54, 1.807) is 18.2 Å². The van der Waals surface area contributed by atoms with Gasteiger partial charge in [-0.15, -0.1) is 0 Å². The Kier molecular flexibility index (Phi) is 2.68. The van der Waals surface area contributed by atoms with Crippen molar-refractivity contribution in [1.82, 2.24) is 0 Å². The molecule has 1 aromatic carbocycles. The Morgan fingerprint density at radius 1 is 1.30 bits per heavy atom. The van der Waals surface area contributed by atoms with E-state index < -0.39 is 0 Å². The van der Waals surface area contributed by atoms with Crippen LogP contribution in [0.2, 0.25) is 0 Å². The summed E-state index contributed by atoms with van der Waals surface area (Å²) in [6.45, 7) is 0. The molecule has 0 radical (unpaired) electrons. The summed E-state index contributed by atoms with van der Waals surface area (Å²) < 4.78 is 24.2. The van der Waals surface area contributed by atoms with Crippen LogP contribution in [0.3, 0.4) is 0 Å². The largest absolute Gasteiger partial charge is 0.207 e. The smallest absolute Gasteiger partial charge is 0.127 e. The normalized spacial score (nSPS) is 9.80. The second kappa shape index (κ2) is 3.56. The summed E-state index contributed by atoms with van der Waals surface area (Å²) >= 11 is 0.129. The molecule has 0 atom stereocenters. The van der Waals surface area contributed by atoms with Gasteiger partial charge < -0.3 is 0 Å². The maximum Gasteiger partial charge on any atom is 0.127 e. The average Bonchev–Trinajstić information content (AvgIpc) is 1.94. The Morgan fingerprint density at radius 2 is 2.00 bits per heavy atom. The van der Waals surface area contributed by atoms with Crippen LogP contribution in [0, 0.1) is 5.82 Å². The fourth-order valence-electron chi connectivity index (χ4n) is 0.674. The lowest BCUT2D eigenvalue weighted by Crippen LogP contribution is -1.83. The van der Waals surface area contributed by atoms with Crippen molar-refractivity contribution in [2.24, 2.45) is 0 Å². The average molecular weight is 160 g/mol. The minimum atomic E-state index is -0.340. The van der Waals surface area contributed by atoms with Crippen LogP contribution in [0.25, 0.3) is 0 Å². The van der Waals surface area contributed by atoms with Crippen LogP contribution in [-0.2, 0) is 5.75 Å². The minimum Gasteiger partial charge on any atom is -0.207 e. The maximum absolute atomic E-state index is 12.6. The van der Waals surface area contributed by atoms with E-state index >= 15 is 0 Å². The van der Waals surface area contributed by atoms with Crippen molar-refractivity contribution >= 4 is 12.1 Å². The van der Waals surface area contributed by atoms with Gasteiger partial charge in [0.25, 0.3) is 0 Å². The van der Waals surface area contributed by atoms with Crippen LogP contribution in [0.5, 0.6) is 0 Å². The molecule has 0 aliphatic heterocycles. The van der Waals surface area contributed by atoms with Crippen LogP contribution in [-0.4, -0.2) is 0 Å². The summed E-state index contributed by atoms with van der Waals surface area (Å²) in [4.78, 5) is 0. The summed E-state index contributed by atoms with van der Waals surface area (Å²) in [5.74, 6) is -0.250. The lowest BCUT2D eigenvalue weighted by atomic mass is 10.2. The molecule has 0 spiro atoms. The van der Waals surface area contributed by atoms with Gasteiger partial charge >= 0.3 is 0 Å². The van der Waals surface area contributed by atoms with Crippen LogP contribution < -0.4 is 0 Å². The zero-order chi connectivity index (χ0) is 7.40. The van der Waals surface area contributed by atoms with Gasteiger partial charge in [0.05, 0.1) is 5.75 Å². The molecular formula is C7H6F2S. The van der Waals surface area contributed by atoms with Crippen molar-refractivity contribution in [2.75, 3.05) is 0 Å². The lowest BCUT2D eigenvalue weighted by Gasteiger charge is -1.95. The van der Waals surface area contributed by atoms with Crippen molar-refractivity contribution in [2.45, 2.75) is 5.75 Å². The highest BCUT2D eigenvalue weighted by atomic mass is 32.2. The van der Waals surface area contributed by atoms with Crippen LogP contribution >= 0.6 is 12.1 Å². The number of hydrogen-bond acceptors (Lipinski definition) is 1. The van der Waals surface area contributed by atoms with Gasteiger partial charge in [0.2, 0.25) is 0 Å². The molecule has 1 aromatic rings. The van der Waals surface area contributed by atoms with Gasteiger partial charge in [0, 0.05) is 17.7 Å². The molecule has 0 aliphatic rings. The second-order valence-electron chi connectivity index (χ2n) is 1.84. The number of hydrogen-bond donors (Lipinski definition) is 0. The van der Waals surface area contributed by atoms with Gasteiger partial charge in [-0.2, -0.15) is 3.89 Å². The predicted octanol–water partition coefficient (Wildman–Crippen LogP) is 2.94. The topological polar surface area (TPSA) is 0 Å². The van der Waals surface area contributed by atoms with Gasteiger partial charge in [0.1, 0.15) is 5.82 Å². The van der Waals surface area contributed by atoms with Gasteiger partial charge in [-0.3, -0.25) is 0 Å². The van der Waals surface area contributed by atoms with E-state index in [4.69, 9.17) is 0 Å². The summed E-state index contributed by atoms with van der Waals surface area (Å²) in [5.41, 5.74) is 0.412. The lowest BCUT2D eigenvalue weighted by molar-refractivity contribution is 0.617. The van der Waals surface area contributed by atoms with Gasteiger partial charge in [-0.1, -0.05) is 18.2 Å². The van der Waals surface area contributed by atoms with E-state index in [0.29, 0.717) is 5.56 Å². The number of halogens is 2. The molecule has 0 nitrogen and oxygen atoms in total. The molecule has 0 aromatic heterocycles. The molecule has 0 heterocycles. The third-order valence-electron chi connectivity index (χ3n) is 1.17. The van der Waals surface area contributed by atoms with Gasteiger partial charge in [-0.05, 0) is 6.07 Å². The van der Waals surface area contributed by atoms with Crippen LogP contribution in [0.1, 0.15) is 5.56 Å². The summed E-state index contributed by atoms with van der Waals surface area (Å²) in [5, 5.41) is 0. The second-order valence-corrected chi connectivity index (χ2v) is 2.35. The molecule has 0 N–H and O–H groups in total. The Labute approximate surface area is 62.5 Å². The van der Waals surface area contributed by atoms with E-state index in [9.17, 15) is 8.28 Å². The summed E-state index contributed by atoms with van der Waals surface area (Å²) in [6, 6.07) is 6.17. The molecular weight excluding hydrogens is 154 g/mol. The molecule has 3 heteroatoms. The van der Waals surface area contributed by atoms with Gasteiger partial charge in [0.15, 0.2) is 0 Å². The molecule has 0 saturated heterocycles. The van der Waals surface area contributed by atoms with Crippen molar-refractivity contribution in [1.29, 1.82) is 0 Å². The molecule has 54 valence electrons. The number of benzene rings is 1. The van der Waals surface area contributed by atoms with Crippen molar-refractivity contribution in [3.05, 3.63) is 35.6 Å². The standard InChI is InChI=1S/C7H6F2S/c8-7-4-2-1-3-6(7)5-10-9/h1-4H,5H2. The summed E-state index contributed by atoms with van der Waals surface area (Å²) in [6.07, 6.45) is 0. The van der Waals surface area contributed by atoms with Crippen molar-refractivity contribution in [3.8, 4) is 0 Å². The zero-order valence-electron chi connectivity index (χ0n) is 5.18. The molecule has 0 saturated carbocycles. The number of rotatable bonds is 2. The molecule has 0 aliphatic carbocycles. The minimum absolute atomic E-state index is 0.0900. The highest BCUT2D eigenvalue weighted by molar-refractivity contribution is 7.93. The first-order chi connectivity index (χ1) is 4.84. The molecule has 0 unspecified atom stereocenters. The molecule has 10 heavy (non-hydrogen) atoms. The van der Waals surface area contributed by atoms with E-state index in [1.165, 1.54) is 6.07 Å². The first-order valence-electron chi connectivity index (χ1n) is 2.81. The Hall–Kier alpha value is -0.570. The summed E-state index contributed by atoms with van der Waals surface area (Å²) in [7, 11) is 0. The van der Waals surface area contributed by atoms with Crippen LogP contribution in [0.4, 0.5) is 8.28 Å². The Morgan fingerprint density at radius 3 is 2.60 bits per heavy atom.